The zero-order chi connectivity index (χ0) is 36.5. The summed E-state index contributed by atoms with van der Waals surface area (Å²) >= 11 is 0. The van der Waals surface area contributed by atoms with Crippen molar-refractivity contribution in [2.24, 2.45) is 0 Å². The number of phenols is 1. The van der Waals surface area contributed by atoms with Crippen molar-refractivity contribution < 1.29 is 24.5 Å². The molecule has 2 atom stereocenters. The second kappa shape index (κ2) is 17.1. The molecule has 2 amide bonds. The lowest BCUT2D eigenvalue weighted by molar-refractivity contribution is -0.116. The number of H-pyrrole nitrogens is 1. The SMILES string of the molecule is CC(CNC[C@@H](O)c1ccc(O)c2[nH]c(=O)ccc12)c1ccc(NC(=O)CCN2CCC(OC(=O)Nc3ccccc3-c3ccccc3)CC2)cc1. The number of carbonyl (C=O) groups excluding carboxylic acids is 2. The molecular formula is C41H45N5O6. The lowest BCUT2D eigenvalue weighted by atomic mass is 10.00. The molecule has 0 saturated carbocycles. The average Bonchev–Trinajstić information content (AvgIpc) is 3.15. The first-order valence-corrected chi connectivity index (χ1v) is 17.7. The fourth-order valence-electron chi connectivity index (χ4n) is 6.60. The summed E-state index contributed by atoms with van der Waals surface area (Å²) in [6.45, 7) is 5.11. The van der Waals surface area contributed by atoms with E-state index in [2.05, 4.69) is 32.8 Å². The fourth-order valence-corrected chi connectivity index (χ4v) is 6.60. The molecule has 0 spiro atoms. The van der Waals surface area contributed by atoms with Gasteiger partial charge in [0.05, 0.1) is 17.3 Å². The molecule has 6 rings (SSSR count). The minimum Gasteiger partial charge on any atom is -0.506 e. The highest BCUT2D eigenvalue weighted by atomic mass is 16.6. The maximum Gasteiger partial charge on any atom is 0.411 e. The summed E-state index contributed by atoms with van der Waals surface area (Å²) in [6, 6.07) is 31.5. The van der Waals surface area contributed by atoms with Gasteiger partial charge in [0.15, 0.2) is 0 Å². The largest absolute Gasteiger partial charge is 0.506 e. The van der Waals surface area contributed by atoms with Crippen LogP contribution in [0.1, 0.15) is 49.3 Å². The molecule has 52 heavy (non-hydrogen) atoms. The molecule has 1 aromatic heterocycles. The van der Waals surface area contributed by atoms with Gasteiger partial charge in [0.25, 0.3) is 0 Å². The van der Waals surface area contributed by atoms with Gasteiger partial charge < -0.3 is 35.5 Å². The van der Waals surface area contributed by atoms with Crippen molar-refractivity contribution in [2.45, 2.75) is 44.3 Å². The first-order valence-electron chi connectivity index (χ1n) is 17.7. The fraction of sp³-hybridized carbons (Fsp3) is 0.293. The number of pyridine rings is 1. The Hall–Kier alpha value is -5.49. The number of phenolic OH excluding ortho intramolecular Hbond substituents is 1. The van der Waals surface area contributed by atoms with Gasteiger partial charge in [-0.25, -0.2) is 4.79 Å². The van der Waals surface area contributed by atoms with E-state index in [1.54, 1.807) is 12.1 Å². The highest BCUT2D eigenvalue weighted by Gasteiger charge is 2.23. The number of ether oxygens (including phenoxy) is 1. The number of aromatic amines is 1. The molecule has 1 fully saturated rings. The van der Waals surface area contributed by atoms with Gasteiger partial charge in [-0.15, -0.1) is 0 Å². The van der Waals surface area contributed by atoms with Crippen LogP contribution >= 0.6 is 0 Å². The molecule has 11 heteroatoms. The van der Waals surface area contributed by atoms with E-state index in [0.29, 0.717) is 61.1 Å². The Bertz CT molecular complexity index is 2030. The van der Waals surface area contributed by atoms with Crippen LogP contribution in [0.25, 0.3) is 22.0 Å². The van der Waals surface area contributed by atoms with Gasteiger partial charge in [0.1, 0.15) is 11.9 Å². The van der Waals surface area contributed by atoms with Gasteiger partial charge in [0, 0.05) is 61.8 Å². The number of rotatable bonds is 13. The highest BCUT2D eigenvalue weighted by Crippen LogP contribution is 2.30. The molecule has 2 heterocycles. The van der Waals surface area contributed by atoms with Crippen LogP contribution in [0.2, 0.25) is 0 Å². The molecule has 6 N–H and O–H groups in total. The predicted octanol–water partition coefficient (Wildman–Crippen LogP) is 6.37. The number of nitrogens with zero attached hydrogens (tertiary/aromatic N) is 1. The lowest BCUT2D eigenvalue weighted by Crippen LogP contribution is -2.39. The van der Waals surface area contributed by atoms with Gasteiger partial charge in [-0.05, 0) is 65.8 Å². The number of fused-ring (bicyclic) bond motifs is 1. The highest BCUT2D eigenvalue weighted by molar-refractivity contribution is 5.92. The van der Waals surface area contributed by atoms with Crippen LogP contribution in [0, 0.1) is 0 Å². The van der Waals surface area contributed by atoms with Crippen molar-refractivity contribution in [2.75, 3.05) is 43.4 Å². The first-order chi connectivity index (χ1) is 25.2. The number of aliphatic hydroxyl groups excluding tert-OH is 1. The third-order valence-electron chi connectivity index (χ3n) is 9.53. The van der Waals surface area contributed by atoms with E-state index in [-0.39, 0.29) is 29.2 Å². The van der Waals surface area contributed by atoms with Crippen molar-refractivity contribution >= 4 is 34.3 Å². The van der Waals surface area contributed by atoms with Gasteiger partial charge in [0.2, 0.25) is 11.5 Å². The maximum absolute atomic E-state index is 12.7. The predicted molar refractivity (Wildman–Crippen MR) is 204 cm³/mol. The van der Waals surface area contributed by atoms with E-state index in [9.17, 15) is 24.6 Å². The Morgan fingerprint density at radius 2 is 1.62 bits per heavy atom. The van der Waals surface area contributed by atoms with E-state index < -0.39 is 12.2 Å². The van der Waals surface area contributed by atoms with Crippen LogP contribution in [0.5, 0.6) is 5.75 Å². The summed E-state index contributed by atoms with van der Waals surface area (Å²) in [5.41, 5.74) is 5.08. The number of nitrogens with one attached hydrogen (secondary N) is 4. The molecule has 270 valence electrons. The number of anilines is 2. The minimum atomic E-state index is -0.834. The number of aromatic nitrogens is 1. The van der Waals surface area contributed by atoms with Gasteiger partial charge in [-0.3, -0.25) is 14.9 Å². The molecule has 0 bridgehead atoms. The number of piperidine rings is 1. The van der Waals surface area contributed by atoms with Crippen LogP contribution in [0.3, 0.4) is 0 Å². The number of carbonyl (C=O) groups is 2. The van der Waals surface area contributed by atoms with Crippen LogP contribution < -0.4 is 21.5 Å². The van der Waals surface area contributed by atoms with E-state index in [1.165, 1.54) is 12.1 Å². The summed E-state index contributed by atoms with van der Waals surface area (Å²) in [4.78, 5) is 42.0. The number of benzene rings is 4. The summed E-state index contributed by atoms with van der Waals surface area (Å²) in [5.74, 6) is 0.0440. The van der Waals surface area contributed by atoms with Crippen molar-refractivity contribution in [3.63, 3.8) is 0 Å². The molecule has 5 aromatic rings. The molecule has 0 aliphatic carbocycles. The Morgan fingerprint density at radius 3 is 2.38 bits per heavy atom. The number of likely N-dealkylation sites (tertiary alicyclic amines) is 1. The monoisotopic (exact) mass is 703 g/mol. The van der Waals surface area contributed by atoms with Crippen LogP contribution in [0.15, 0.2) is 108 Å². The Labute approximate surface area is 302 Å². The van der Waals surface area contributed by atoms with Crippen molar-refractivity contribution in [3.05, 3.63) is 125 Å². The Kier molecular flexibility index (Phi) is 12.0. The van der Waals surface area contributed by atoms with E-state index in [0.717, 1.165) is 35.5 Å². The third kappa shape index (κ3) is 9.43. The number of amides is 2. The quantitative estimate of drug-likeness (QED) is 0.0827. The molecular weight excluding hydrogens is 658 g/mol. The zero-order valence-electron chi connectivity index (χ0n) is 29.2. The standard InChI is InChI=1S/C41H45N5O6/c1-27(25-42-26-37(48)33-15-17-36(47)40-34(33)16-18-38(49)45-40)28-11-13-30(14-12-28)43-39(50)21-24-46-22-19-31(20-23-46)52-41(51)44-35-10-6-5-9-32(35)29-7-3-2-4-8-29/h2-18,27,31,37,42,47-48H,19-26H2,1H3,(H,43,50)(H,44,51)(H,45,49)/t27?,37-/m1/s1. The zero-order valence-corrected chi connectivity index (χ0v) is 29.2. The average molecular weight is 704 g/mol. The van der Waals surface area contributed by atoms with Crippen molar-refractivity contribution in [3.8, 4) is 16.9 Å². The van der Waals surface area contributed by atoms with Gasteiger partial charge in [-0.1, -0.05) is 73.7 Å². The lowest BCUT2D eigenvalue weighted by Gasteiger charge is -2.31. The molecule has 1 aliphatic rings. The summed E-state index contributed by atoms with van der Waals surface area (Å²) in [7, 11) is 0. The molecule has 0 radical (unpaired) electrons. The van der Waals surface area contributed by atoms with E-state index in [1.807, 2.05) is 78.9 Å². The Balaban J connectivity index is 0.885. The number of hydrogen-bond acceptors (Lipinski definition) is 8. The number of aliphatic hydroxyl groups is 1. The topological polar surface area (TPSA) is 156 Å². The van der Waals surface area contributed by atoms with Crippen molar-refractivity contribution in [1.82, 2.24) is 15.2 Å². The van der Waals surface area contributed by atoms with Crippen LogP contribution in [-0.2, 0) is 9.53 Å². The number of para-hydroxylation sites is 1. The molecule has 1 unspecified atom stereocenters. The summed E-state index contributed by atoms with van der Waals surface area (Å²) < 4.78 is 5.75. The molecule has 4 aromatic carbocycles. The normalized spacial score (nSPS) is 14.8. The number of aromatic hydroxyl groups is 1. The van der Waals surface area contributed by atoms with Crippen molar-refractivity contribution in [1.29, 1.82) is 0 Å². The van der Waals surface area contributed by atoms with E-state index in [4.69, 9.17) is 4.74 Å². The second-order valence-corrected chi connectivity index (χ2v) is 13.3. The Morgan fingerprint density at radius 1 is 0.885 bits per heavy atom. The summed E-state index contributed by atoms with van der Waals surface area (Å²) in [5, 5.41) is 30.8. The number of hydrogen-bond donors (Lipinski definition) is 6. The minimum absolute atomic E-state index is 0.0440. The van der Waals surface area contributed by atoms with Crippen LogP contribution in [0.4, 0.5) is 16.2 Å². The summed E-state index contributed by atoms with van der Waals surface area (Å²) in [6.07, 6.45) is 0.300. The third-order valence-corrected chi connectivity index (χ3v) is 9.53. The smallest absolute Gasteiger partial charge is 0.411 e. The van der Waals surface area contributed by atoms with Gasteiger partial charge in [-0.2, -0.15) is 0 Å². The van der Waals surface area contributed by atoms with Gasteiger partial charge >= 0.3 is 6.09 Å². The first kappa shape index (κ1) is 36.3. The second-order valence-electron chi connectivity index (χ2n) is 13.3. The maximum atomic E-state index is 12.7. The molecule has 11 nitrogen and oxygen atoms in total. The molecule has 1 aliphatic heterocycles. The van der Waals surface area contributed by atoms with Crippen LogP contribution in [-0.4, -0.2) is 70.9 Å². The molecule has 1 saturated heterocycles. The van der Waals surface area contributed by atoms with E-state index >= 15 is 0 Å².